The number of ether oxygens (including phenoxy) is 2. The minimum Gasteiger partial charge on any atom is -0.497 e. The third-order valence-corrected chi connectivity index (χ3v) is 8.15. The summed E-state index contributed by atoms with van der Waals surface area (Å²) in [5.74, 6) is -1.14. The van der Waals surface area contributed by atoms with Gasteiger partial charge >= 0.3 is 0 Å². The van der Waals surface area contributed by atoms with Crippen LogP contribution in [0.3, 0.4) is 0 Å². The molecule has 4 rings (SSSR count). The van der Waals surface area contributed by atoms with Crippen LogP contribution in [0.5, 0.6) is 5.75 Å². The number of sulfonamides is 1. The second kappa shape index (κ2) is 11.7. The van der Waals surface area contributed by atoms with Crippen molar-refractivity contribution >= 4 is 21.6 Å². The van der Waals surface area contributed by atoms with Crippen molar-refractivity contribution in [3.8, 4) is 5.75 Å². The van der Waals surface area contributed by atoms with Crippen molar-refractivity contribution in [1.82, 2.24) is 9.21 Å². The van der Waals surface area contributed by atoms with Gasteiger partial charge in [-0.1, -0.05) is 35.9 Å². The van der Waals surface area contributed by atoms with Gasteiger partial charge in [-0.25, -0.2) is 17.2 Å². The molecule has 3 aromatic carbocycles. The average molecular weight is 537 g/mol. The molecule has 0 bridgehead atoms. The Kier molecular flexibility index (Phi) is 8.58. The van der Waals surface area contributed by atoms with Crippen LogP contribution in [0.1, 0.15) is 17.2 Å². The van der Waals surface area contributed by atoms with E-state index in [-0.39, 0.29) is 24.1 Å². The predicted octanol–water partition coefficient (Wildman–Crippen LogP) is 4.89. The molecule has 0 amide bonds. The predicted molar refractivity (Wildman–Crippen MR) is 134 cm³/mol. The standard InChI is InChI=1S/C26H27ClF2N2O4S/c1-34-24-7-3-5-20(13-24)26(35-18-19-4-2-6-21(27)12-19)17-30-8-10-31(11-9-30)36(32,33)25-15-22(28)14-23(29)16-25/h2-7,12-16,26H,8-11,17-18H2,1H3/t26-/m0/s1. The molecule has 0 N–H and O–H groups in total. The first kappa shape index (κ1) is 26.5. The summed E-state index contributed by atoms with van der Waals surface area (Å²) >= 11 is 6.11. The molecular formula is C26H27ClF2N2O4S. The molecule has 0 aliphatic carbocycles. The van der Waals surface area contributed by atoms with Gasteiger partial charge in [-0.3, -0.25) is 4.90 Å². The fraction of sp³-hybridized carbons (Fsp3) is 0.308. The lowest BCUT2D eigenvalue weighted by atomic mass is 10.1. The van der Waals surface area contributed by atoms with Crippen LogP contribution < -0.4 is 4.74 Å². The van der Waals surface area contributed by atoms with Crippen LogP contribution in [0.15, 0.2) is 71.6 Å². The summed E-state index contributed by atoms with van der Waals surface area (Å²) in [6.45, 7) is 2.15. The minimum atomic E-state index is -4.00. The van der Waals surface area contributed by atoms with Crippen LogP contribution in [0, 0.1) is 11.6 Å². The van der Waals surface area contributed by atoms with Gasteiger partial charge in [-0.15, -0.1) is 0 Å². The molecule has 1 saturated heterocycles. The van der Waals surface area contributed by atoms with Crippen LogP contribution in [0.4, 0.5) is 8.78 Å². The highest BCUT2D eigenvalue weighted by atomic mass is 35.5. The lowest BCUT2D eigenvalue weighted by molar-refractivity contribution is 0.00763. The SMILES string of the molecule is COc1cccc([C@H](CN2CCN(S(=O)(=O)c3cc(F)cc(F)c3)CC2)OCc2cccc(Cl)c2)c1. The number of piperazine rings is 1. The van der Waals surface area contributed by atoms with E-state index in [1.54, 1.807) is 13.2 Å². The number of benzene rings is 3. The minimum absolute atomic E-state index is 0.194. The van der Waals surface area contributed by atoms with E-state index < -0.39 is 21.7 Å². The largest absolute Gasteiger partial charge is 0.497 e. The van der Waals surface area contributed by atoms with Crippen LogP contribution in [0.25, 0.3) is 0 Å². The van der Waals surface area contributed by atoms with Crippen molar-refractivity contribution in [3.05, 3.63) is 94.5 Å². The van der Waals surface area contributed by atoms with Gasteiger partial charge < -0.3 is 9.47 Å². The molecule has 3 aromatic rings. The summed E-state index contributed by atoms with van der Waals surface area (Å²) in [5, 5.41) is 0.629. The van der Waals surface area contributed by atoms with Gasteiger partial charge in [-0.05, 0) is 47.5 Å². The maximum atomic E-state index is 13.6. The van der Waals surface area contributed by atoms with Crippen molar-refractivity contribution in [1.29, 1.82) is 0 Å². The van der Waals surface area contributed by atoms with E-state index in [2.05, 4.69) is 4.90 Å². The first-order valence-corrected chi connectivity index (χ1v) is 13.2. The second-order valence-electron chi connectivity index (χ2n) is 8.52. The average Bonchev–Trinajstić information content (AvgIpc) is 2.86. The van der Waals surface area contributed by atoms with Crippen LogP contribution >= 0.6 is 11.6 Å². The lowest BCUT2D eigenvalue weighted by Gasteiger charge is -2.36. The number of hydrogen-bond donors (Lipinski definition) is 0. The molecule has 1 aliphatic rings. The normalized spacial score (nSPS) is 16.1. The molecule has 36 heavy (non-hydrogen) atoms. The third-order valence-electron chi connectivity index (χ3n) is 6.03. The molecule has 1 atom stereocenters. The molecule has 1 fully saturated rings. The molecule has 6 nitrogen and oxygen atoms in total. The van der Waals surface area contributed by atoms with Gasteiger partial charge in [0.2, 0.25) is 10.0 Å². The van der Waals surface area contributed by atoms with E-state index in [1.807, 2.05) is 42.5 Å². The number of halogens is 3. The highest BCUT2D eigenvalue weighted by Crippen LogP contribution is 2.26. The molecule has 0 unspecified atom stereocenters. The van der Waals surface area contributed by atoms with E-state index in [0.29, 0.717) is 43.1 Å². The van der Waals surface area contributed by atoms with Crippen molar-refractivity contribution in [2.24, 2.45) is 0 Å². The van der Waals surface area contributed by atoms with Gasteiger partial charge in [0.1, 0.15) is 17.4 Å². The van der Waals surface area contributed by atoms with Crippen molar-refractivity contribution in [2.75, 3.05) is 39.8 Å². The smallest absolute Gasteiger partial charge is 0.243 e. The van der Waals surface area contributed by atoms with Gasteiger partial charge in [0.25, 0.3) is 0 Å². The highest BCUT2D eigenvalue weighted by Gasteiger charge is 2.30. The van der Waals surface area contributed by atoms with E-state index in [4.69, 9.17) is 21.1 Å². The Morgan fingerprint density at radius 1 is 0.944 bits per heavy atom. The Hall–Kier alpha value is -2.56. The zero-order valence-corrected chi connectivity index (χ0v) is 21.3. The van der Waals surface area contributed by atoms with Crippen molar-refractivity contribution in [2.45, 2.75) is 17.6 Å². The fourth-order valence-corrected chi connectivity index (χ4v) is 5.81. The topological polar surface area (TPSA) is 59.1 Å². The number of nitrogens with zero attached hydrogens (tertiary/aromatic N) is 2. The fourth-order valence-electron chi connectivity index (χ4n) is 4.13. The Morgan fingerprint density at radius 3 is 2.31 bits per heavy atom. The lowest BCUT2D eigenvalue weighted by Crippen LogP contribution is -2.49. The molecule has 0 saturated carbocycles. The monoisotopic (exact) mass is 536 g/mol. The Balaban J connectivity index is 1.45. The van der Waals surface area contributed by atoms with E-state index in [0.717, 1.165) is 23.3 Å². The molecular weight excluding hydrogens is 510 g/mol. The zero-order valence-electron chi connectivity index (χ0n) is 19.7. The number of methoxy groups -OCH3 is 1. The summed E-state index contributed by atoms with van der Waals surface area (Å²) in [6, 6.07) is 17.4. The quantitative estimate of drug-likeness (QED) is 0.390. The number of rotatable bonds is 9. The molecule has 10 heteroatoms. The molecule has 192 valence electrons. The second-order valence-corrected chi connectivity index (χ2v) is 10.9. The van der Waals surface area contributed by atoms with Crippen LogP contribution in [0.2, 0.25) is 5.02 Å². The van der Waals surface area contributed by atoms with Gasteiger partial charge in [0.05, 0.1) is 24.7 Å². The number of hydrogen-bond acceptors (Lipinski definition) is 5. The molecule has 0 spiro atoms. The van der Waals surface area contributed by atoms with Crippen LogP contribution in [-0.2, 0) is 21.4 Å². The Bertz CT molecular complexity index is 1280. The van der Waals surface area contributed by atoms with Gasteiger partial charge in [-0.2, -0.15) is 4.31 Å². The molecule has 0 aromatic heterocycles. The maximum Gasteiger partial charge on any atom is 0.243 e. The first-order valence-electron chi connectivity index (χ1n) is 11.4. The van der Waals surface area contributed by atoms with Crippen molar-refractivity contribution in [3.63, 3.8) is 0 Å². The highest BCUT2D eigenvalue weighted by molar-refractivity contribution is 7.89. The van der Waals surface area contributed by atoms with Gasteiger partial charge in [0, 0.05) is 43.8 Å². The first-order chi connectivity index (χ1) is 17.2. The summed E-state index contributed by atoms with van der Waals surface area (Å²) in [5.41, 5.74) is 1.87. The summed E-state index contributed by atoms with van der Waals surface area (Å²) in [4.78, 5) is 1.73. The van der Waals surface area contributed by atoms with Crippen molar-refractivity contribution < 1.29 is 26.7 Å². The Morgan fingerprint density at radius 2 is 1.64 bits per heavy atom. The molecule has 1 aliphatic heterocycles. The summed E-state index contributed by atoms with van der Waals surface area (Å²) in [7, 11) is -2.40. The third kappa shape index (κ3) is 6.60. The van der Waals surface area contributed by atoms with E-state index >= 15 is 0 Å². The van der Waals surface area contributed by atoms with Gasteiger partial charge in [0.15, 0.2) is 0 Å². The summed E-state index contributed by atoms with van der Waals surface area (Å²) < 4.78 is 66.0. The van der Waals surface area contributed by atoms with E-state index in [9.17, 15) is 17.2 Å². The molecule has 0 radical (unpaired) electrons. The van der Waals surface area contributed by atoms with Crippen LogP contribution in [-0.4, -0.2) is 57.5 Å². The van der Waals surface area contributed by atoms with E-state index in [1.165, 1.54) is 4.31 Å². The maximum absolute atomic E-state index is 13.6. The Labute approximate surface area is 215 Å². The molecule has 1 heterocycles. The summed E-state index contributed by atoms with van der Waals surface area (Å²) in [6.07, 6.45) is -0.306. The zero-order chi connectivity index (χ0) is 25.7.